The van der Waals surface area contributed by atoms with Gasteiger partial charge in [-0.1, -0.05) is 18.2 Å². The summed E-state index contributed by atoms with van der Waals surface area (Å²) in [5.41, 5.74) is 0.512. The third-order valence-corrected chi connectivity index (χ3v) is 3.26. The maximum absolute atomic E-state index is 12.2. The van der Waals surface area contributed by atoms with Gasteiger partial charge in [-0.2, -0.15) is 5.10 Å². The van der Waals surface area contributed by atoms with Gasteiger partial charge in [0.05, 0.1) is 19.1 Å². The summed E-state index contributed by atoms with van der Waals surface area (Å²) in [6.07, 6.45) is 0.639. The number of H-pyrrole nitrogens is 2. The van der Waals surface area contributed by atoms with Crippen LogP contribution < -0.4 is 15.7 Å². The van der Waals surface area contributed by atoms with Gasteiger partial charge < -0.3 is 10.1 Å². The van der Waals surface area contributed by atoms with E-state index in [2.05, 4.69) is 20.5 Å². The molecule has 0 spiro atoms. The van der Waals surface area contributed by atoms with Crippen LogP contribution >= 0.6 is 0 Å². The molecular formula is C13H14N4O3. The van der Waals surface area contributed by atoms with Gasteiger partial charge in [-0.05, 0) is 12.5 Å². The number of para-hydroxylation sites is 1. The Bertz CT molecular complexity index is 676. The van der Waals surface area contributed by atoms with E-state index in [1.165, 1.54) is 0 Å². The standard InChI is InChI=1S/C13H14N4O3/c18-12(14-7-11-15-13(19)17-16-11)9-5-6-20-10-4-2-1-3-8(9)10/h1-4,9H,5-7H2,(H,14,18)(H2,15,16,17,19). The van der Waals surface area contributed by atoms with Crippen LogP contribution in [0.3, 0.4) is 0 Å². The first-order chi connectivity index (χ1) is 9.74. The first-order valence-corrected chi connectivity index (χ1v) is 6.37. The number of amides is 1. The van der Waals surface area contributed by atoms with Crippen LogP contribution in [0.25, 0.3) is 0 Å². The third-order valence-electron chi connectivity index (χ3n) is 3.26. The zero-order chi connectivity index (χ0) is 13.9. The lowest BCUT2D eigenvalue weighted by atomic mass is 9.92. The molecule has 1 amide bonds. The highest BCUT2D eigenvalue weighted by Gasteiger charge is 2.27. The Morgan fingerprint density at radius 3 is 3.10 bits per heavy atom. The average Bonchev–Trinajstić information content (AvgIpc) is 2.90. The van der Waals surface area contributed by atoms with Crippen molar-refractivity contribution in [1.29, 1.82) is 0 Å². The van der Waals surface area contributed by atoms with Gasteiger partial charge in [0.2, 0.25) is 5.91 Å². The number of nitrogens with zero attached hydrogens (tertiary/aromatic N) is 1. The molecule has 0 fully saturated rings. The number of aromatic amines is 2. The van der Waals surface area contributed by atoms with Gasteiger partial charge in [-0.3, -0.25) is 9.78 Å². The number of hydrogen-bond donors (Lipinski definition) is 3. The van der Waals surface area contributed by atoms with E-state index in [0.717, 1.165) is 11.3 Å². The second-order valence-corrected chi connectivity index (χ2v) is 4.57. The summed E-state index contributed by atoms with van der Waals surface area (Å²) < 4.78 is 5.53. The van der Waals surface area contributed by atoms with Crippen LogP contribution in [0.4, 0.5) is 0 Å². The SMILES string of the molecule is O=C(NCc1n[nH]c(=O)[nH]1)C1CCOc2ccccc21. The van der Waals surface area contributed by atoms with E-state index in [4.69, 9.17) is 4.74 Å². The van der Waals surface area contributed by atoms with Crippen molar-refractivity contribution < 1.29 is 9.53 Å². The highest BCUT2D eigenvalue weighted by molar-refractivity contribution is 5.84. The topological polar surface area (TPSA) is 99.9 Å². The number of nitrogens with one attached hydrogen (secondary N) is 3. The fourth-order valence-corrected chi connectivity index (χ4v) is 2.30. The first kappa shape index (κ1) is 12.5. The number of fused-ring (bicyclic) bond motifs is 1. The largest absolute Gasteiger partial charge is 0.493 e. The van der Waals surface area contributed by atoms with Crippen molar-refractivity contribution in [2.75, 3.05) is 6.61 Å². The van der Waals surface area contributed by atoms with Gasteiger partial charge in [-0.15, -0.1) is 0 Å². The molecule has 104 valence electrons. The maximum atomic E-state index is 12.2. The van der Waals surface area contributed by atoms with E-state index in [0.29, 0.717) is 18.9 Å². The molecule has 1 atom stereocenters. The number of aromatic nitrogens is 3. The van der Waals surface area contributed by atoms with Crippen LogP contribution in [0.2, 0.25) is 0 Å². The number of ether oxygens (including phenoxy) is 1. The van der Waals surface area contributed by atoms with Crippen LogP contribution in [0.1, 0.15) is 23.7 Å². The molecule has 2 aromatic rings. The lowest BCUT2D eigenvalue weighted by Crippen LogP contribution is -2.32. The van der Waals surface area contributed by atoms with Crippen LogP contribution in [-0.4, -0.2) is 27.7 Å². The molecule has 3 rings (SSSR count). The third kappa shape index (κ3) is 2.42. The fraction of sp³-hybridized carbons (Fsp3) is 0.308. The van der Waals surface area contributed by atoms with Gasteiger partial charge in [0.25, 0.3) is 0 Å². The molecular weight excluding hydrogens is 260 g/mol. The van der Waals surface area contributed by atoms with Gasteiger partial charge in [0, 0.05) is 5.56 Å². The van der Waals surface area contributed by atoms with Gasteiger partial charge in [-0.25, -0.2) is 9.89 Å². The number of carbonyl (C=O) groups is 1. The minimum atomic E-state index is -0.384. The summed E-state index contributed by atoms with van der Waals surface area (Å²) in [6, 6.07) is 7.53. The van der Waals surface area contributed by atoms with E-state index >= 15 is 0 Å². The van der Waals surface area contributed by atoms with Crippen molar-refractivity contribution in [2.45, 2.75) is 18.9 Å². The van der Waals surface area contributed by atoms with Crippen molar-refractivity contribution in [2.24, 2.45) is 0 Å². The van der Waals surface area contributed by atoms with E-state index < -0.39 is 0 Å². The Morgan fingerprint density at radius 2 is 2.30 bits per heavy atom. The molecule has 2 heterocycles. The molecule has 20 heavy (non-hydrogen) atoms. The Morgan fingerprint density at radius 1 is 1.45 bits per heavy atom. The van der Waals surface area contributed by atoms with Crippen molar-refractivity contribution in [3.05, 3.63) is 46.1 Å². The quantitative estimate of drug-likeness (QED) is 0.748. The second-order valence-electron chi connectivity index (χ2n) is 4.57. The Hall–Kier alpha value is -2.57. The number of carbonyl (C=O) groups excluding carboxylic acids is 1. The summed E-state index contributed by atoms with van der Waals surface area (Å²) in [5.74, 6) is 0.839. The van der Waals surface area contributed by atoms with Crippen molar-refractivity contribution in [1.82, 2.24) is 20.5 Å². The molecule has 0 bridgehead atoms. The molecule has 7 heteroatoms. The van der Waals surface area contributed by atoms with Crippen LogP contribution in [0, 0.1) is 0 Å². The summed E-state index contributed by atoms with van der Waals surface area (Å²) >= 11 is 0. The Balaban J connectivity index is 1.70. The Labute approximate surface area is 114 Å². The average molecular weight is 274 g/mol. The predicted molar refractivity (Wildman–Crippen MR) is 70.4 cm³/mol. The summed E-state index contributed by atoms with van der Waals surface area (Å²) in [4.78, 5) is 25.6. The van der Waals surface area contributed by atoms with Gasteiger partial charge in [0.15, 0.2) is 0 Å². The molecule has 0 radical (unpaired) electrons. The highest BCUT2D eigenvalue weighted by Crippen LogP contribution is 2.33. The van der Waals surface area contributed by atoms with Crippen LogP contribution in [0.15, 0.2) is 29.1 Å². The second kappa shape index (κ2) is 5.20. The summed E-state index contributed by atoms with van der Waals surface area (Å²) in [5, 5.41) is 8.78. The van der Waals surface area contributed by atoms with Crippen LogP contribution in [-0.2, 0) is 11.3 Å². The summed E-state index contributed by atoms with van der Waals surface area (Å²) in [6.45, 7) is 0.714. The number of hydrogen-bond acceptors (Lipinski definition) is 4. The van der Waals surface area contributed by atoms with Crippen molar-refractivity contribution in [3.8, 4) is 5.75 Å². The molecule has 1 aliphatic heterocycles. The predicted octanol–water partition coefficient (Wildman–Crippen LogP) is 0.280. The molecule has 1 aromatic carbocycles. The molecule has 1 unspecified atom stereocenters. The zero-order valence-corrected chi connectivity index (χ0v) is 10.7. The smallest absolute Gasteiger partial charge is 0.340 e. The lowest BCUT2D eigenvalue weighted by molar-refractivity contribution is -0.123. The molecule has 7 nitrogen and oxygen atoms in total. The minimum absolute atomic E-state index is 0.0930. The highest BCUT2D eigenvalue weighted by atomic mass is 16.5. The molecule has 1 aliphatic rings. The monoisotopic (exact) mass is 274 g/mol. The van der Waals surface area contributed by atoms with Crippen molar-refractivity contribution >= 4 is 5.91 Å². The van der Waals surface area contributed by atoms with Gasteiger partial charge >= 0.3 is 5.69 Å². The molecule has 1 aromatic heterocycles. The zero-order valence-electron chi connectivity index (χ0n) is 10.7. The normalized spacial score (nSPS) is 17.1. The van der Waals surface area contributed by atoms with E-state index in [1.807, 2.05) is 24.3 Å². The molecule has 0 saturated carbocycles. The van der Waals surface area contributed by atoms with Gasteiger partial charge in [0.1, 0.15) is 11.6 Å². The first-order valence-electron chi connectivity index (χ1n) is 6.37. The molecule has 3 N–H and O–H groups in total. The lowest BCUT2D eigenvalue weighted by Gasteiger charge is -2.24. The molecule has 0 aliphatic carbocycles. The minimum Gasteiger partial charge on any atom is -0.493 e. The summed E-state index contributed by atoms with van der Waals surface area (Å²) in [7, 11) is 0. The Kier molecular flexibility index (Phi) is 3.24. The fourth-order valence-electron chi connectivity index (χ4n) is 2.30. The van der Waals surface area contributed by atoms with E-state index in [9.17, 15) is 9.59 Å². The number of rotatable bonds is 3. The molecule has 0 saturated heterocycles. The van der Waals surface area contributed by atoms with Crippen molar-refractivity contribution in [3.63, 3.8) is 0 Å². The number of benzene rings is 1. The van der Waals surface area contributed by atoms with E-state index in [1.54, 1.807) is 0 Å². The maximum Gasteiger partial charge on any atom is 0.340 e. The van der Waals surface area contributed by atoms with Crippen LogP contribution in [0.5, 0.6) is 5.75 Å². The van der Waals surface area contributed by atoms with E-state index in [-0.39, 0.29) is 24.1 Å².